The zero-order valence-electron chi connectivity index (χ0n) is 11.7. The van der Waals surface area contributed by atoms with Crippen molar-refractivity contribution in [2.75, 3.05) is 11.9 Å². The monoisotopic (exact) mass is 407 g/mol. The third kappa shape index (κ3) is 3.97. The maximum Gasteiger partial charge on any atom is 0.257 e. The van der Waals surface area contributed by atoms with E-state index in [4.69, 9.17) is 16.3 Å². The number of carbonyl (C=O) groups excluding carboxylic acids is 1. The Bertz CT molecular complexity index is 771. The van der Waals surface area contributed by atoms with Crippen LogP contribution < -0.4 is 10.1 Å². The molecule has 0 atom stereocenters. The summed E-state index contributed by atoms with van der Waals surface area (Å²) in [6, 6.07) is 3.57. The van der Waals surface area contributed by atoms with Crippen molar-refractivity contribution in [3.05, 3.63) is 56.8 Å². The number of hydrogen-bond donors (Lipinski definition) is 1. The highest BCUT2D eigenvalue weighted by Gasteiger charge is 2.18. The van der Waals surface area contributed by atoms with Crippen molar-refractivity contribution in [1.29, 1.82) is 0 Å². The molecule has 8 heteroatoms. The Morgan fingerprint density at radius 3 is 2.52 bits per heavy atom. The second-order valence-electron chi connectivity index (χ2n) is 4.40. The predicted molar refractivity (Wildman–Crippen MR) is 84.6 cm³/mol. The number of hydrogen-bond acceptors (Lipinski definition) is 2. The molecule has 0 aliphatic carbocycles. The van der Waals surface area contributed by atoms with Crippen LogP contribution in [-0.2, 0) is 0 Å². The molecule has 3 nitrogen and oxygen atoms in total. The summed E-state index contributed by atoms with van der Waals surface area (Å²) in [6.07, 6.45) is 0. The molecule has 2 aromatic rings. The van der Waals surface area contributed by atoms with Gasteiger partial charge in [0.1, 0.15) is 5.82 Å². The number of ether oxygens (including phenoxy) is 1. The molecular weight excluding hydrogens is 399 g/mol. The Hall–Kier alpha value is -1.73. The molecule has 0 saturated carbocycles. The van der Waals surface area contributed by atoms with Gasteiger partial charge in [-0.25, -0.2) is 13.2 Å². The van der Waals surface area contributed by atoms with Gasteiger partial charge in [-0.15, -0.1) is 0 Å². The van der Waals surface area contributed by atoms with Crippen molar-refractivity contribution in [3.8, 4) is 5.75 Å². The normalized spacial score (nSPS) is 10.5. The number of nitrogens with one attached hydrogen (secondary N) is 1. The van der Waals surface area contributed by atoms with E-state index in [0.717, 1.165) is 6.07 Å². The van der Waals surface area contributed by atoms with Crippen molar-refractivity contribution >= 4 is 39.1 Å². The molecule has 0 aliphatic rings. The summed E-state index contributed by atoms with van der Waals surface area (Å²) in [4.78, 5) is 12.2. The Morgan fingerprint density at radius 1 is 1.22 bits per heavy atom. The van der Waals surface area contributed by atoms with Gasteiger partial charge in [0.2, 0.25) is 0 Å². The van der Waals surface area contributed by atoms with E-state index in [9.17, 15) is 18.0 Å². The quantitative estimate of drug-likeness (QED) is 0.709. The molecule has 0 radical (unpaired) electrons. The summed E-state index contributed by atoms with van der Waals surface area (Å²) < 4.78 is 45.5. The Kier molecular flexibility index (Phi) is 5.54. The summed E-state index contributed by atoms with van der Waals surface area (Å²) >= 11 is 8.87. The maximum absolute atomic E-state index is 13.5. The first-order chi connectivity index (χ1) is 10.8. The lowest BCUT2D eigenvalue weighted by atomic mass is 10.2. The van der Waals surface area contributed by atoms with E-state index in [1.165, 1.54) is 6.07 Å². The van der Waals surface area contributed by atoms with Gasteiger partial charge in [0, 0.05) is 6.07 Å². The van der Waals surface area contributed by atoms with Crippen LogP contribution >= 0.6 is 27.5 Å². The van der Waals surface area contributed by atoms with Crippen LogP contribution in [-0.4, -0.2) is 12.5 Å². The molecule has 0 unspecified atom stereocenters. The summed E-state index contributed by atoms with van der Waals surface area (Å²) in [6.45, 7) is 1.99. The minimum atomic E-state index is -1.22. The third-order valence-corrected chi connectivity index (χ3v) is 3.70. The molecular formula is C15H10BrClF3NO2. The second-order valence-corrected chi connectivity index (χ2v) is 5.66. The van der Waals surface area contributed by atoms with Crippen molar-refractivity contribution in [2.45, 2.75) is 6.92 Å². The van der Waals surface area contributed by atoms with Crippen LogP contribution in [0.1, 0.15) is 17.3 Å². The van der Waals surface area contributed by atoms with Gasteiger partial charge in [0.25, 0.3) is 5.91 Å². The van der Waals surface area contributed by atoms with Crippen molar-refractivity contribution in [1.82, 2.24) is 0 Å². The van der Waals surface area contributed by atoms with Gasteiger partial charge in [0.15, 0.2) is 17.4 Å². The number of anilines is 1. The summed E-state index contributed by atoms with van der Waals surface area (Å²) in [5, 5.41) is 2.10. The zero-order valence-corrected chi connectivity index (χ0v) is 14.1. The first kappa shape index (κ1) is 17.6. The number of rotatable bonds is 4. The summed E-state index contributed by atoms with van der Waals surface area (Å²) in [5.74, 6) is -3.62. The first-order valence-electron chi connectivity index (χ1n) is 6.41. The molecule has 0 heterocycles. The van der Waals surface area contributed by atoms with Crippen LogP contribution in [0.5, 0.6) is 5.75 Å². The van der Waals surface area contributed by atoms with Crippen molar-refractivity contribution in [2.24, 2.45) is 0 Å². The topological polar surface area (TPSA) is 38.3 Å². The minimum absolute atomic E-state index is 0.0320. The zero-order chi connectivity index (χ0) is 17.1. The molecule has 1 N–H and O–H groups in total. The largest absolute Gasteiger partial charge is 0.491 e. The Balaban J connectivity index is 2.39. The molecule has 0 saturated heterocycles. The lowest BCUT2D eigenvalue weighted by Crippen LogP contribution is -2.14. The van der Waals surface area contributed by atoms with E-state index >= 15 is 0 Å². The van der Waals surface area contributed by atoms with Crippen LogP contribution in [0.2, 0.25) is 5.02 Å². The molecule has 2 aromatic carbocycles. The fraction of sp³-hybridized carbons (Fsp3) is 0.133. The highest BCUT2D eigenvalue weighted by atomic mass is 79.9. The number of benzene rings is 2. The van der Waals surface area contributed by atoms with Crippen molar-refractivity contribution < 1.29 is 22.7 Å². The molecule has 0 fully saturated rings. The van der Waals surface area contributed by atoms with Crippen LogP contribution in [0, 0.1) is 17.5 Å². The average Bonchev–Trinajstić information content (AvgIpc) is 2.46. The standard InChI is InChI=1S/C15H10BrClF3NO2/c1-2-23-14-9(16)3-7(18)4-13(14)21-15(22)8-5-11(19)12(20)6-10(8)17/h3-6H,2H2,1H3,(H,21,22). The molecule has 0 bridgehead atoms. The summed E-state index contributed by atoms with van der Waals surface area (Å²) in [7, 11) is 0. The maximum atomic E-state index is 13.5. The SMILES string of the molecule is CCOc1c(Br)cc(F)cc1NC(=O)c1cc(F)c(F)cc1Cl. The highest BCUT2D eigenvalue weighted by molar-refractivity contribution is 9.10. The van der Waals surface area contributed by atoms with E-state index in [1.807, 2.05) is 0 Å². The second kappa shape index (κ2) is 7.23. The molecule has 23 heavy (non-hydrogen) atoms. The van der Waals surface area contributed by atoms with Gasteiger partial charge in [-0.2, -0.15) is 0 Å². The van der Waals surface area contributed by atoms with Gasteiger partial charge in [0.05, 0.1) is 27.4 Å². The highest BCUT2D eigenvalue weighted by Crippen LogP contribution is 2.35. The van der Waals surface area contributed by atoms with Gasteiger partial charge >= 0.3 is 0 Å². The van der Waals surface area contributed by atoms with Gasteiger partial charge in [-0.1, -0.05) is 11.6 Å². The van der Waals surface area contributed by atoms with E-state index in [2.05, 4.69) is 21.2 Å². The molecule has 0 aliphatic heterocycles. The van der Waals surface area contributed by atoms with E-state index in [0.29, 0.717) is 16.6 Å². The lowest BCUT2D eigenvalue weighted by Gasteiger charge is -2.14. The predicted octanol–water partition coefficient (Wildman–Crippen LogP) is 5.17. The fourth-order valence-electron chi connectivity index (χ4n) is 1.83. The number of amides is 1. The number of halogens is 5. The van der Waals surface area contributed by atoms with Gasteiger partial charge in [-0.05, 0) is 41.1 Å². The van der Waals surface area contributed by atoms with E-state index in [-0.39, 0.29) is 28.6 Å². The van der Waals surface area contributed by atoms with Crippen LogP contribution in [0.25, 0.3) is 0 Å². The molecule has 1 amide bonds. The minimum Gasteiger partial charge on any atom is -0.491 e. The third-order valence-electron chi connectivity index (χ3n) is 2.80. The van der Waals surface area contributed by atoms with Gasteiger partial charge in [-0.3, -0.25) is 4.79 Å². The average molecular weight is 409 g/mol. The number of carbonyl (C=O) groups is 1. The molecule has 0 aromatic heterocycles. The van der Waals surface area contributed by atoms with Crippen molar-refractivity contribution in [3.63, 3.8) is 0 Å². The smallest absolute Gasteiger partial charge is 0.257 e. The molecule has 0 spiro atoms. The van der Waals surface area contributed by atoms with E-state index < -0.39 is 23.4 Å². The van der Waals surface area contributed by atoms with Crippen LogP contribution in [0.3, 0.4) is 0 Å². The summed E-state index contributed by atoms with van der Waals surface area (Å²) in [5.41, 5.74) is -0.252. The Labute approximate surface area is 143 Å². The lowest BCUT2D eigenvalue weighted by molar-refractivity contribution is 0.102. The van der Waals surface area contributed by atoms with Crippen LogP contribution in [0.4, 0.5) is 18.9 Å². The Morgan fingerprint density at radius 2 is 1.87 bits per heavy atom. The first-order valence-corrected chi connectivity index (χ1v) is 7.58. The fourth-order valence-corrected chi connectivity index (χ4v) is 2.61. The van der Waals surface area contributed by atoms with E-state index in [1.54, 1.807) is 6.92 Å². The van der Waals surface area contributed by atoms with Gasteiger partial charge < -0.3 is 10.1 Å². The van der Waals surface area contributed by atoms with Crippen LogP contribution in [0.15, 0.2) is 28.7 Å². The molecule has 2 rings (SSSR count). The molecule has 122 valence electrons.